The van der Waals surface area contributed by atoms with E-state index in [1.54, 1.807) is 17.0 Å². The first-order valence-electron chi connectivity index (χ1n) is 6.03. The zero-order chi connectivity index (χ0) is 13.1. The second-order valence-corrected chi connectivity index (χ2v) is 5.39. The van der Waals surface area contributed by atoms with Crippen LogP contribution in [-0.2, 0) is 0 Å². The SMILES string of the molecule is CNC1CCN(C(=O)c2cc(Br)ccc2F)CC1. The smallest absolute Gasteiger partial charge is 0.256 e. The summed E-state index contributed by atoms with van der Waals surface area (Å²) in [5, 5.41) is 3.20. The van der Waals surface area contributed by atoms with Gasteiger partial charge in [-0.15, -0.1) is 0 Å². The van der Waals surface area contributed by atoms with Crippen LogP contribution in [0.2, 0.25) is 0 Å². The number of hydrogen-bond acceptors (Lipinski definition) is 2. The summed E-state index contributed by atoms with van der Waals surface area (Å²) in [7, 11) is 1.93. The van der Waals surface area contributed by atoms with Gasteiger partial charge >= 0.3 is 0 Å². The van der Waals surface area contributed by atoms with Crippen molar-refractivity contribution in [1.29, 1.82) is 0 Å². The van der Waals surface area contributed by atoms with Crippen LogP contribution in [0.15, 0.2) is 22.7 Å². The number of amides is 1. The Kier molecular flexibility index (Phi) is 4.35. The van der Waals surface area contributed by atoms with Crippen molar-refractivity contribution in [1.82, 2.24) is 10.2 Å². The van der Waals surface area contributed by atoms with Crippen LogP contribution in [-0.4, -0.2) is 37.0 Å². The number of hydrogen-bond donors (Lipinski definition) is 1. The Hall–Kier alpha value is -0.940. The summed E-state index contributed by atoms with van der Waals surface area (Å²) >= 11 is 3.26. The van der Waals surface area contributed by atoms with Crippen molar-refractivity contribution in [3.63, 3.8) is 0 Å². The normalized spacial score (nSPS) is 16.9. The molecular weight excluding hydrogens is 299 g/mol. The molecule has 0 unspecified atom stereocenters. The van der Waals surface area contributed by atoms with Crippen molar-refractivity contribution in [2.24, 2.45) is 0 Å². The molecule has 1 aliphatic heterocycles. The second kappa shape index (κ2) is 5.80. The lowest BCUT2D eigenvalue weighted by Gasteiger charge is -2.32. The number of likely N-dealkylation sites (tertiary alicyclic amines) is 1. The number of rotatable bonds is 2. The van der Waals surface area contributed by atoms with E-state index in [0.29, 0.717) is 19.1 Å². The summed E-state index contributed by atoms with van der Waals surface area (Å²) in [4.78, 5) is 13.9. The number of halogens is 2. The number of benzene rings is 1. The molecule has 1 amide bonds. The predicted molar refractivity (Wildman–Crippen MR) is 72.1 cm³/mol. The minimum Gasteiger partial charge on any atom is -0.338 e. The quantitative estimate of drug-likeness (QED) is 0.909. The molecule has 0 atom stereocenters. The van der Waals surface area contributed by atoms with E-state index >= 15 is 0 Å². The van der Waals surface area contributed by atoms with Crippen LogP contribution in [0.25, 0.3) is 0 Å². The number of nitrogens with one attached hydrogen (secondary N) is 1. The third-order valence-electron chi connectivity index (χ3n) is 3.35. The van der Waals surface area contributed by atoms with Crippen molar-refractivity contribution in [2.45, 2.75) is 18.9 Å². The zero-order valence-corrected chi connectivity index (χ0v) is 11.8. The lowest BCUT2D eigenvalue weighted by molar-refractivity contribution is 0.0702. The summed E-state index contributed by atoms with van der Waals surface area (Å²) in [6.07, 6.45) is 1.83. The van der Waals surface area contributed by atoms with Gasteiger partial charge in [0.15, 0.2) is 0 Å². The molecule has 0 aromatic heterocycles. The van der Waals surface area contributed by atoms with Gasteiger partial charge in [-0.05, 0) is 38.1 Å². The lowest BCUT2D eigenvalue weighted by Crippen LogP contribution is -2.44. The average molecular weight is 315 g/mol. The van der Waals surface area contributed by atoms with Crippen LogP contribution in [0.3, 0.4) is 0 Å². The van der Waals surface area contributed by atoms with Gasteiger partial charge < -0.3 is 10.2 Å². The van der Waals surface area contributed by atoms with Gasteiger partial charge in [0, 0.05) is 23.6 Å². The van der Waals surface area contributed by atoms with E-state index in [1.807, 2.05) is 7.05 Å². The van der Waals surface area contributed by atoms with E-state index in [0.717, 1.165) is 17.3 Å². The van der Waals surface area contributed by atoms with Crippen LogP contribution in [0.5, 0.6) is 0 Å². The van der Waals surface area contributed by atoms with Crippen LogP contribution in [0.1, 0.15) is 23.2 Å². The van der Waals surface area contributed by atoms with Crippen molar-refractivity contribution >= 4 is 21.8 Å². The van der Waals surface area contributed by atoms with Gasteiger partial charge in [-0.3, -0.25) is 4.79 Å². The molecule has 0 aliphatic carbocycles. The van der Waals surface area contributed by atoms with Gasteiger partial charge in [0.25, 0.3) is 5.91 Å². The highest BCUT2D eigenvalue weighted by atomic mass is 79.9. The molecule has 1 N–H and O–H groups in total. The zero-order valence-electron chi connectivity index (χ0n) is 10.2. The fourth-order valence-corrected chi connectivity index (χ4v) is 2.56. The van der Waals surface area contributed by atoms with Crippen LogP contribution >= 0.6 is 15.9 Å². The monoisotopic (exact) mass is 314 g/mol. The molecule has 1 fully saturated rings. The van der Waals surface area contributed by atoms with Gasteiger partial charge in [-0.1, -0.05) is 15.9 Å². The van der Waals surface area contributed by atoms with Gasteiger partial charge in [0.2, 0.25) is 0 Å². The first kappa shape index (κ1) is 13.5. The Morgan fingerprint density at radius 1 is 1.44 bits per heavy atom. The maximum Gasteiger partial charge on any atom is 0.256 e. The molecule has 1 heterocycles. The summed E-state index contributed by atoms with van der Waals surface area (Å²) in [6, 6.07) is 4.92. The number of carbonyl (C=O) groups excluding carboxylic acids is 1. The Bertz CT molecular complexity index is 445. The largest absolute Gasteiger partial charge is 0.338 e. The molecule has 3 nitrogen and oxygen atoms in total. The van der Waals surface area contributed by atoms with Crippen molar-refractivity contribution in [2.75, 3.05) is 20.1 Å². The third kappa shape index (κ3) is 2.90. The van der Waals surface area contributed by atoms with Gasteiger partial charge in [0.05, 0.1) is 5.56 Å². The first-order chi connectivity index (χ1) is 8.61. The molecule has 1 aromatic carbocycles. The predicted octanol–water partition coefficient (Wildman–Crippen LogP) is 2.41. The highest BCUT2D eigenvalue weighted by Gasteiger charge is 2.24. The minimum absolute atomic E-state index is 0.146. The Morgan fingerprint density at radius 2 is 2.11 bits per heavy atom. The second-order valence-electron chi connectivity index (χ2n) is 4.48. The summed E-state index contributed by atoms with van der Waals surface area (Å²) in [5.41, 5.74) is 0.146. The van der Waals surface area contributed by atoms with E-state index in [1.165, 1.54) is 6.07 Å². The van der Waals surface area contributed by atoms with Gasteiger partial charge in [-0.25, -0.2) is 4.39 Å². The van der Waals surface area contributed by atoms with E-state index in [2.05, 4.69) is 21.2 Å². The van der Waals surface area contributed by atoms with Crippen molar-refractivity contribution in [3.05, 3.63) is 34.1 Å². The minimum atomic E-state index is -0.459. The van der Waals surface area contributed by atoms with E-state index < -0.39 is 5.82 Å². The lowest BCUT2D eigenvalue weighted by atomic mass is 10.0. The molecule has 0 saturated carbocycles. The fourth-order valence-electron chi connectivity index (χ4n) is 2.20. The summed E-state index contributed by atoms with van der Waals surface area (Å²) < 4.78 is 14.4. The van der Waals surface area contributed by atoms with Crippen LogP contribution < -0.4 is 5.32 Å². The van der Waals surface area contributed by atoms with Crippen molar-refractivity contribution < 1.29 is 9.18 Å². The van der Waals surface area contributed by atoms with Crippen molar-refractivity contribution in [3.8, 4) is 0 Å². The van der Waals surface area contributed by atoms with E-state index in [-0.39, 0.29) is 11.5 Å². The maximum absolute atomic E-state index is 13.6. The molecule has 0 spiro atoms. The number of piperidine rings is 1. The maximum atomic E-state index is 13.6. The van der Waals surface area contributed by atoms with Gasteiger partial charge in [0.1, 0.15) is 5.82 Å². The van der Waals surface area contributed by atoms with E-state index in [9.17, 15) is 9.18 Å². The summed E-state index contributed by atoms with van der Waals surface area (Å²) in [5.74, 6) is -0.678. The molecule has 18 heavy (non-hydrogen) atoms. The third-order valence-corrected chi connectivity index (χ3v) is 3.84. The Morgan fingerprint density at radius 3 is 2.72 bits per heavy atom. The molecule has 1 aliphatic rings. The molecular formula is C13H16BrFN2O. The fraction of sp³-hybridized carbons (Fsp3) is 0.462. The highest BCUT2D eigenvalue weighted by molar-refractivity contribution is 9.10. The molecule has 1 saturated heterocycles. The molecule has 98 valence electrons. The first-order valence-corrected chi connectivity index (χ1v) is 6.82. The van der Waals surface area contributed by atoms with Crippen LogP contribution in [0.4, 0.5) is 4.39 Å². The molecule has 5 heteroatoms. The molecule has 0 bridgehead atoms. The standard InChI is InChI=1S/C13H16BrFN2O/c1-16-10-4-6-17(7-5-10)13(18)11-8-9(14)2-3-12(11)15/h2-3,8,10,16H,4-7H2,1H3. The number of carbonyl (C=O) groups is 1. The molecule has 2 rings (SSSR count). The average Bonchev–Trinajstić information content (AvgIpc) is 2.41. The van der Waals surface area contributed by atoms with Crippen LogP contribution in [0, 0.1) is 5.82 Å². The molecule has 1 aromatic rings. The summed E-state index contributed by atoms with van der Waals surface area (Å²) in [6.45, 7) is 1.35. The Balaban J connectivity index is 2.10. The highest BCUT2D eigenvalue weighted by Crippen LogP contribution is 2.19. The molecule has 0 radical (unpaired) electrons. The Labute approximate surface area is 114 Å². The topological polar surface area (TPSA) is 32.3 Å². The van der Waals surface area contributed by atoms with E-state index in [4.69, 9.17) is 0 Å². The van der Waals surface area contributed by atoms with Gasteiger partial charge in [-0.2, -0.15) is 0 Å². The number of nitrogens with zero attached hydrogens (tertiary/aromatic N) is 1.